The molecule has 0 fully saturated rings. The van der Waals surface area contributed by atoms with E-state index in [1.165, 1.54) is 6.08 Å². The summed E-state index contributed by atoms with van der Waals surface area (Å²) in [5.74, 6) is -0.0758. The van der Waals surface area contributed by atoms with Crippen LogP contribution in [0.1, 0.15) is 19.8 Å². The molecule has 0 radical (unpaired) electrons. The van der Waals surface area contributed by atoms with E-state index in [0.717, 1.165) is 17.7 Å². The van der Waals surface area contributed by atoms with Crippen LogP contribution in [0.4, 0.5) is 4.39 Å². The van der Waals surface area contributed by atoms with E-state index in [1.807, 2.05) is 6.92 Å². The Morgan fingerprint density at radius 1 is 1.45 bits per heavy atom. The molecule has 0 saturated heterocycles. The van der Waals surface area contributed by atoms with Gasteiger partial charge in [-0.1, -0.05) is 6.08 Å². The Kier molecular flexibility index (Phi) is 2.47. The second-order valence-electron chi connectivity index (χ2n) is 2.71. The highest BCUT2D eigenvalue weighted by atomic mass is 19.1. The lowest BCUT2D eigenvalue weighted by Gasteiger charge is -2.04. The van der Waals surface area contributed by atoms with Crippen molar-refractivity contribution in [2.75, 3.05) is 0 Å². The van der Waals surface area contributed by atoms with Crippen LogP contribution in [-0.2, 0) is 0 Å². The lowest BCUT2D eigenvalue weighted by Crippen LogP contribution is -1.98. The summed E-state index contributed by atoms with van der Waals surface area (Å²) >= 11 is 0. The van der Waals surface area contributed by atoms with E-state index in [0.29, 0.717) is 6.42 Å². The molecule has 0 bridgehead atoms. The van der Waals surface area contributed by atoms with Gasteiger partial charge in [0, 0.05) is 12.1 Å². The highest BCUT2D eigenvalue weighted by molar-refractivity contribution is 5.27. The fraction of sp³-hybridized carbons (Fsp3) is 0.333. The van der Waals surface area contributed by atoms with Crippen molar-refractivity contribution in [2.45, 2.75) is 19.8 Å². The minimum Gasteiger partial charge on any atom is -0.399 e. The standard InChI is InChI=1S/C9H12FN/c1-7-5-6-8(10)3-2-4-9(7)11/h2-4H,5-6,11H2,1H3/b4-2-,8-3+,9-7-. The van der Waals surface area contributed by atoms with E-state index in [4.69, 9.17) is 5.73 Å². The molecule has 0 aliphatic heterocycles. The maximum absolute atomic E-state index is 12.7. The lowest BCUT2D eigenvalue weighted by molar-refractivity contribution is 0.586. The average molecular weight is 153 g/mol. The number of rotatable bonds is 0. The summed E-state index contributed by atoms with van der Waals surface area (Å²) in [6.45, 7) is 1.93. The Hall–Kier alpha value is -1.05. The highest BCUT2D eigenvalue weighted by Crippen LogP contribution is 2.16. The summed E-state index contributed by atoms with van der Waals surface area (Å²) in [5, 5.41) is 0. The quantitative estimate of drug-likeness (QED) is 0.568. The molecule has 2 heteroatoms. The van der Waals surface area contributed by atoms with E-state index >= 15 is 0 Å². The number of hydrogen-bond acceptors (Lipinski definition) is 1. The van der Waals surface area contributed by atoms with Gasteiger partial charge in [-0.05, 0) is 31.1 Å². The average Bonchev–Trinajstić information content (AvgIpc) is 1.98. The molecule has 0 unspecified atom stereocenters. The van der Waals surface area contributed by atoms with Crippen LogP contribution < -0.4 is 5.73 Å². The number of halogens is 1. The van der Waals surface area contributed by atoms with Crippen LogP contribution in [0.3, 0.4) is 0 Å². The van der Waals surface area contributed by atoms with Crippen molar-refractivity contribution in [3.8, 4) is 0 Å². The van der Waals surface area contributed by atoms with Gasteiger partial charge in [0.1, 0.15) is 5.83 Å². The van der Waals surface area contributed by atoms with Gasteiger partial charge in [0.25, 0.3) is 0 Å². The summed E-state index contributed by atoms with van der Waals surface area (Å²) in [4.78, 5) is 0. The summed E-state index contributed by atoms with van der Waals surface area (Å²) in [5.41, 5.74) is 7.45. The van der Waals surface area contributed by atoms with E-state index in [2.05, 4.69) is 0 Å². The first-order valence-electron chi connectivity index (χ1n) is 3.68. The predicted octanol–water partition coefficient (Wildman–Crippen LogP) is 2.42. The van der Waals surface area contributed by atoms with Crippen LogP contribution in [0.25, 0.3) is 0 Å². The summed E-state index contributed by atoms with van der Waals surface area (Å²) in [7, 11) is 0. The van der Waals surface area contributed by atoms with Crippen molar-refractivity contribution in [2.24, 2.45) is 5.73 Å². The second-order valence-corrected chi connectivity index (χ2v) is 2.71. The molecule has 0 spiro atoms. The first-order valence-corrected chi connectivity index (χ1v) is 3.68. The fourth-order valence-electron chi connectivity index (χ4n) is 0.933. The van der Waals surface area contributed by atoms with Gasteiger partial charge >= 0.3 is 0 Å². The molecular formula is C9H12FN. The molecule has 0 saturated carbocycles. The Bertz CT molecular complexity index is 236. The summed E-state index contributed by atoms with van der Waals surface area (Å²) in [6.07, 6.45) is 6.02. The molecule has 11 heavy (non-hydrogen) atoms. The minimum absolute atomic E-state index is 0.0758. The summed E-state index contributed by atoms with van der Waals surface area (Å²) < 4.78 is 12.7. The van der Waals surface area contributed by atoms with E-state index in [-0.39, 0.29) is 5.83 Å². The Labute approximate surface area is 66.1 Å². The Morgan fingerprint density at radius 3 is 2.91 bits per heavy atom. The van der Waals surface area contributed by atoms with Crippen LogP contribution in [0.15, 0.2) is 35.3 Å². The number of nitrogens with two attached hydrogens (primary N) is 1. The normalized spacial score (nSPS) is 33.5. The van der Waals surface area contributed by atoms with Crippen LogP contribution >= 0.6 is 0 Å². The highest BCUT2D eigenvalue weighted by Gasteiger charge is 2.00. The molecule has 0 atom stereocenters. The van der Waals surface area contributed by atoms with Crippen LogP contribution in [0.5, 0.6) is 0 Å². The van der Waals surface area contributed by atoms with Gasteiger partial charge in [-0.25, -0.2) is 4.39 Å². The molecule has 1 aliphatic carbocycles. The van der Waals surface area contributed by atoms with E-state index in [1.54, 1.807) is 12.2 Å². The zero-order valence-corrected chi connectivity index (χ0v) is 6.60. The summed E-state index contributed by atoms with van der Waals surface area (Å²) in [6, 6.07) is 0. The fourth-order valence-corrected chi connectivity index (χ4v) is 0.933. The third kappa shape index (κ3) is 2.22. The van der Waals surface area contributed by atoms with Crippen LogP contribution in [0, 0.1) is 0 Å². The first kappa shape index (κ1) is 8.05. The van der Waals surface area contributed by atoms with Gasteiger partial charge in [0.15, 0.2) is 0 Å². The topological polar surface area (TPSA) is 26.0 Å². The molecule has 1 nitrogen and oxygen atoms in total. The molecule has 1 aliphatic rings. The maximum Gasteiger partial charge on any atom is 0.100 e. The van der Waals surface area contributed by atoms with Crippen molar-refractivity contribution < 1.29 is 4.39 Å². The molecular weight excluding hydrogens is 141 g/mol. The minimum atomic E-state index is -0.0758. The van der Waals surface area contributed by atoms with Gasteiger partial charge in [0.05, 0.1) is 0 Å². The van der Waals surface area contributed by atoms with E-state index < -0.39 is 0 Å². The van der Waals surface area contributed by atoms with E-state index in [9.17, 15) is 4.39 Å². The third-order valence-electron chi connectivity index (χ3n) is 1.78. The molecule has 0 heterocycles. The molecule has 2 N–H and O–H groups in total. The monoisotopic (exact) mass is 153 g/mol. The Balaban J connectivity index is 2.83. The van der Waals surface area contributed by atoms with Crippen molar-refractivity contribution >= 4 is 0 Å². The van der Waals surface area contributed by atoms with Crippen molar-refractivity contribution in [3.05, 3.63) is 35.3 Å². The zero-order valence-electron chi connectivity index (χ0n) is 6.60. The lowest BCUT2D eigenvalue weighted by atomic mass is 10.1. The molecule has 1 rings (SSSR count). The van der Waals surface area contributed by atoms with Crippen molar-refractivity contribution in [1.82, 2.24) is 0 Å². The Morgan fingerprint density at radius 2 is 2.18 bits per heavy atom. The zero-order chi connectivity index (χ0) is 8.27. The first-order chi connectivity index (χ1) is 5.20. The molecule has 60 valence electrons. The SMILES string of the molecule is C\C1=C(N)/C=C\C=C(\F)CC1. The van der Waals surface area contributed by atoms with Gasteiger partial charge in [-0.15, -0.1) is 0 Å². The van der Waals surface area contributed by atoms with Gasteiger partial charge < -0.3 is 5.73 Å². The number of allylic oxidation sites excluding steroid dienone is 5. The third-order valence-corrected chi connectivity index (χ3v) is 1.78. The molecule has 0 aromatic rings. The smallest absolute Gasteiger partial charge is 0.100 e. The van der Waals surface area contributed by atoms with Gasteiger partial charge in [-0.3, -0.25) is 0 Å². The van der Waals surface area contributed by atoms with Crippen molar-refractivity contribution in [3.63, 3.8) is 0 Å². The van der Waals surface area contributed by atoms with Gasteiger partial charge in [0.2, 0.25) is 0 Å². The predicted molar refractivity (Wildman–Crippen MR) is 44.5 cm³/mol. The number of hydrogen-bond donors (Lipinski definition) is 1. The second kappa shape index (κ2) is 3.37. The molecule has 0 aromatic carbocycles. The molecule has 0 amide bonds. The molecule has 0 aromatic heterocycles. The maximum atomic E-state index is 12.7. The largest absolute Gasteiger partial charge is 0.399 e. The van der Waals surface area contributed by atoms with Crippen LogP contribution in [-0.4, -0.2) is 0 Å². The van der Waals surface area contributed by atoms with Crippen LogP contribution in [0.2, 0.25) is 0 Å². The van der Waals surface area contributed by atoms with Gasteiger partial charge in [-0.2, -0.15) is 0 Å². The van der Waals surface area contributed by atoms with Crippen molar-refractivity contribution in [1.29, 1.82) is 0 Å².